The number of nitrogens with zero attached hydrogens (tertiary/aromatic N) is 3. The minimum atomic E-state index is 0.941. The van der Waals surface area contributed by atoms with E-state index in [1.165, 1.54) is 9.12 Å². The molecule has 2 rings (SSSR count). The first-order chi connectivity index (χ1) is 5.42. The van der Waals surface area contributed by atoms with Crippen molar-refractivity contribution in [1.82, 2.24) is 14.4 Å². The standard InChI is InChI=1S/C6H4IN3S/c7-11-10-6-4-2-1-3-5(6)8-9-10/h1-4H. The molecule has 0 aliphatic rings. The smallest absolute Gasteiger partial charge is 0.114 e. The molecule has 1 aromatic carbocycles. The van der Waals surface area contributed by atoms with Gasteiger partial charge in [0, 0.05) is 21.2 Å². The quantitative estimate of drug-likeness (QED) is 0.749. The molecule has 0 atom stereocenters. The fraction of sp³-hybridized carbons (Fsp3) is 0. The van der Waals surface area contributed by atoms with Crippen molar-refractivity contribution in [3.63, 3.8) is 0 Å². The van der Waals surface area contributed by atoms with Crippen LogP contribution in [-0.2, 0) is 0 Å². The van der Waals surface area contributed by atoms with Gasteiger partial charge in [-0.1, -0.05) is 17.3 Å². The van der Waals surface area contributed by atoms with Crippen molar-refractivity contribution in [2.24, 2.45) is 0 Å². The molecule has 1 heterocycles. The summed E-state index contributed by atoms with van der Waals surface area (Å²) >= 11 is 2.18. The Morgan fingerprint density at radius 1 is 1.36 bits per heavy atom. The summed E-state index contributed by atoms with van der Waals surface area (Å²) in [6.07, 6.45) is 0. The summed E-state index contributed by atoms with van der Waals surface area (Å²) in [4.78, 5) is 0. The molecule has 0 spiro atoms. The van der Waals surface area contributed by atoms with Crippen LogP contribution in [0.3, 0.4) is 0 Å². The maximum atomic E-state index is 3.98. The van der Waals surface area contributed by atoms with E-state index in [-0.39, 0.29) is 0 Å². The van der Waals surface area contributed by atoms with Crippen molar-refractivity contribution in [2.75, 3.05) is 0 Å². The van der Waals surface area contributed by atoms with E-state index in [9.17, 15) is 0 Å². The van der Waals surface area contributed by atoms with Gasteiger partial charge >= 0.3 is 0 Å². The minimum absolute atomic E-state index is 0.941. The molecule has 0 aliphatic carbocycles. The number of para-hydroxylation sites is 1. The minimum Gasteiger partial charge on any atom is -0.176 e. The van der Waals surface area contributed by atoms with Crippen LogP contribution in [0.2, 0.25) is 0 Å². The summed E-state index contributed by atoms with van der Waals surface area (Å²) in [5.74, 6) is 0. The van der Waals surface area contributed by atoms with E-state index in [0.29, 0.717) is 0 Å². The summed E-state index contributed by atoms with van der Waals surface area (Å²) in [6.45, 7) is 0. The van der Waals surface area contributed by atoms with Crippen LogP contribution in [0.5, 0.6) is 0 Å². The van der Waals surface area contributed by atoms with Crippen LogP contribution < -0.4 is 0 Å². The fourth-order valence-electron chi connectivity index (χ4n) is 0.898. The number of hydrogen-bond acceptors (Lipinski definition) is 3. The highest BCUT2D eigenvalue weighted by Gasteiger charge is 2.00. The third kappa shape index (κ3) is 1.22. The molecule has 5 heteroatoms. The lowest BCUT2D eigenvalue weighted by Gasteiger charge is -1.90. The maximum absolute atomic E-state index is 3.98. The van der Waals surface area contributed by atoms with Gasteiger partial charge in [0.1, 0.15) is 11.0 Å². The highest BCUT2D eigenvalue weighted by atomic mass is 127. The first-order valence-corrected chi connectivity index (χ1v) is 6.33. The highest BCUT2D eigenvalue weighted by molar-refractivity contribution is 14.2. The molecule has 56 valence electrons. The molecule has 0 N–H and O–H groups in total. The second kappa shape index (κ2) is 2.98. The predicted octanol–water partition coefficient (Wildman–Crippen LogP) is 2.28. The van der Waals surface area contributed by atoms with E-state index < -0.39 is 0 Å². The largest absolute Gasteiger partial charge is 0.176 e. The Kier molecular flexibility index (Phi) is 1.99. The summed E-state index contributed by atoms with van der Waals surface area (Å²) < 4.78 is 1.79. The number of benzene rings is 1. The van der Waals surface area contributed by atoms with Crippen molar-refractivity contribution >= 4 is 41.4 Å². The maximum Gasteiger partial charge on any atom is 0.114 e. The molecule has 0 unspecified atom stereocenters. The monoisotopic (exact) mass is 277 g/mol. The Morgan fingerprint density at radius 3 is 3.00 bits per heavy atom. The van der Waals surface area contributed by atoms with Crippen LogP contribution in [-0.4, -0.2) is 14.4 Å². The Balaban J connectivity index is 2.76. The molecule has 0 saturated carbocycles. The average Bonchev–Trinajstić information content (AvgIpc) is 2.47. The highest BCUT2D eigenvalue weighted by Crippen LogP contribution is 2.19. The molecule has 0 aliphatic heterocycles. The SMILES string of the molecule is ISn1nnc2ccccc21. The Bertz CT molecular complexity index is 373. The van der Waals surface area contributed by atoms with Crippen LogP contribution in [0, 0.1) is 0 Å². The van der Waals surface area contributed by atoms with E-state index >= 15 is 0 Å². The van der Waals surface area contributed by atoms with Crippen LogP contribution >= 0.6 is 30.3 Å². The molecule has 0 fully saturated rings. The topological polar surface area (TPSA) is 30.7 Å². The zero-order valence-electron chi connectivity index (χ0n) is 5.44. The molecule has 3 nitrogen and oxygen atoms in total. The van der Waals surface area contributed by atoms with Crippen LogP contribution in [0.1, 0.15) is 0 Å². The van der Waals surface area contributed by atoms with Crippen molar-refractivity contribution in [2.45, 2.75) is 0 Å². The van der Waals surface area contributed by atoms with Gasteiger partial charge in [0.2, 0.25) is 0 Å². The summed E-state index contributed by atoms with van der Waals surface area (Å²) in [5.41, 5.74) is 2.00. The lowest BCUT2D eigenvalue weighted by molar-refractivity contribution is 0.916. The number of fused-ring (bicyclic) bond motifs is 1. The molecule has 1 aromatic heterocycles. The number of aromatic nitrogens is 3. The van der Waals surface area contributed by atoms with Gasteiger partial charge in [0.15, 0.2) is 0 Å². The number of rotatable bonds is 1. The normalized spacial score (nSPS) is 10.6. The lowest BCUT2D eigenvalue weighted by atomic mass is 10.3. The van der Waals surface area contributed by atoms with E-state index in [2.05, 4.69) is 31.5 Å². The van der Waals surface area contributed by atoms with Crippen molar-refractivity contribution in [3.05, 3.63) is 24.3 Å². The average molecular weight is 277 g/mol. The van der Waals surface area contributed by atoms with Gasteiger partial charge in [0.05, 0.1) is 9.12 Å². The molecule has 0 radical (unpaired) electrons. The molecular weight excluding hydrogens is 273 g/mol. The second-order valence-electron chi connectivity index (χ2n) is 2.02. The van der Waals surface area contributed by atoms with Gasteiger partial charge in [-0.25, -0.2) is 0 Å². The fourth-order valence-corrected chi connectivity index (χ4v) is 2.06. The zero-order valence-corrected chi connectivity index (χ0v) is 8.41. The second-order valence-corrected chi connectivity index (χ2v) is 3.69. The summed E-state index contributed by atoms with van der Waals surface area (Å²) in [6, 6.07) is 7.89. The molecule has 0 amide bonds. The van der Waals surface area contributed by atoms with Gasteiger partial charge in [-0.3, -0.25) is 0 Å². The molecule has 11 heavy (non-hydrogen) atoms. The van der Waals surface area contributed by atoms with Crippen LogP contribution in [0.4, 0.5) is 0 Å². The third-order valence-electron chi connectivity index (χ3n) is 1.39. The molecule has 2 aromatic rings. The first kappa shape index (κ1) is 7.35. The van der Waals surface area contributed by atoms with Crippen LogP contribution in [0.15, 0.2) is 24.3 Å². The predicted molar refractivity (Wildman–Crippen MR) is 54.5 cm³/mol. The molecular formula is C6H4IN3S. The van der Waals surface area contributed by atoms with E-state index in [1.807, 2.05) is 24.3 Å². The Hall–Kier alpha value is -0.300. The van der Waals surface area contributed by atoms with Crippen LogP contribution in [0.25, 0.3) is 11.0 Å². The van der Waals surface area contributed by atoms with Gasteiger partial charge in [-0.2, -0.15) is 4.09 Å². The number of halogens is 1. The van der Waals surface area contributed by atoms with Gasteiger partial charge in [-0.15, -0.1) is 5.10 Å². The first-order valence-electron chi connectivity index (χ1n) is 3.01. The van der Waals surface area contributed by atoms with Crippen molar-refractivity contribution in [3.8, 4) is 0 Å². The molecule has 0 bridgehead atoms. The van der Waals surface area contributed by atoms with Crippen molar-refractivity contribution in [1.29, 1.82) is 0 Å². The van der Waals surface area contributed by atoms with Gasteiger partial charge < -0.3 is 0 Å². The van der Waals surface area contributed by atoms with Gasteiger partial charge in [-0.05, 0) is 12.1 Å². The lowest BCUT2D eigenvalue weighted by Crippen LogP contribution is -1.83. The van der Waals surface area contributed by atoms with E-state index in [4.69, 9.17) is 0 Å². The Morgan fingerprint density at radius 2 is 2.18 bits per heavy atom. The summed E-state index contributed by atoms with van der Waals surface area (Å²) in [5, 5.41) is 7.91. The van der Waals surface area contributed by atoms with Gasteiger partial charge in [0.25, 0.3) is 0 Å². The van der Waals surface area contributed by atoms with E-state index in [0.717, 1.165) is 11.0 Å². The van der Waals surface area contributed by atoms with Crippen molar-refractivity contribution < 1.29 is 0 Å². The van der Waals surface area contributed by atoms with E-state index in [1.54, 1.807) is 4.09 Å². The summed E-state index contributed by atoms with van der Waals surface area (Å²) in [7, 11) is 1.52. The number of hydrogen-bond donors (Lipinski definition) is 0. The zero-order chi connectivity index (χ0) is 7.68. The molecule has 0 saturated heterocycles. The third-order valence-corrected chi connectivity index (χ3v) is 2.91. The Labute approximate surface area is 79.9 Å².